The first-order chi connectivity index (χ1) is 10.8. The normalized spacial score (nSPS) is 9.14. The molecule has 0 heterocycles. The molecule has 0 radical (unpaired) electrons. The summed E-state index contributed by atoms with van der Waals surface area (Å²) in [6.45, 7) is 17.7. The molecule has 1 aromatic carbocycles. The molecule has 0 bridgehead atoms. The number of allylic oxidation sites excluding steroid dienone is 3. The highest BCUT2D eigenvalue weighted by molar-refractivity contribution is 7.81. The average Bonchev–Trinajstić information content (AvgIpc) is 2.62. The molecule has 0 amide bonds. The number of anilines is 1. The molecule has 0 spiro atoms. The number of nitrogens with one attached hydrogen (secondary N) is 1. The van der Waals surface area contributed by atoms with Gasteiger partial charge in [0.25, 0.3) is 0 Å². The molecule has 0 aliphatic heterocycles. The zero-order valence-electron chi connectivity index (χ0n) is 15.3. The van der Waals surface area contributed by atoms with Crippen molar-refractivity contribution >= 4 is 22.9 Å². The molecule has 0 saturated heterocycles. The minimum atomic E-state index is 0.680. The smallest absolute Gasteiger partial charge is 0.110 e. The van der Waals surface area contributed by atoms with Crippen LogP contribution in [-0.2, 0) is 0 Å². The van der Waals surface area contributed by atoms with Crippen LogP contribution in [0.4, 0.5) is 5.69 Å². The molecule has 0 aliphatic rings. The van der Waals surface area contributed by atoms with Crippen molar-refractivity contribution in [1.82, 2.24) is 0 Å². The molecule has 0 atom stereocenters. The van der Waals surface area contributed by atoms with Gasteiger partial charge in [-0.2, -0.15) is 0 Å². The Morgan fingerprint density at radius 3 is 1.91 bits per heavy atom. The SMILES string of the molecule is C=C/C(=C\C=C/C)C(=S)Nc1ccccc1.CC.CC.CC. The van der Waals surface area contributed by atoms with E-state index in [0.717, 1.165) is 11.3 Å². The summed E-state index contributed by atoms with van der Waals surface area (Å²) in [5, 5.41) is 3.16. The largest absolute Gasteiger partial charge is 0.346 e. The van der Waals surface area contributed by atoms with Crippen molar-refractivity contribution in [1.29, 1.82) is 0 Å². The fourth-order valence-electron chi connectivity index (χ4n) is 1.16. The third-order valence-electron chi connectivity index (χ3n) is 1.98. The fourth-order valence-corrected chi connectivity index (χ4v) is 1.43. The van der Waals surface area contributed by atoms with E-state index < -0.39 is 0 Å². The van der Waals surface area contributed by atoms with Crippen LogP contribution >= 0.6 is 12.2 Å². The minimum absolute atomic E-state index is 0.680. The van der Waals surface area contributed by atoms with Gasteiger partial charge in [-0.1, -0.05) is 103 Å². The Morgan fingerprint density at radius 2 is 1.50 bits per heavy atom. The van der Waals surface area contributed by atoms with Gasteiger partial charge in [0.2, 0.25) is 0 Å². The molecule has 1 nitrogen and oxygen atoms in total. The van der Waals surface area contributed by atoms with Crippen LogP contribution in [0, 0.1) is 0 Å². The van der Waals surface area contributed by atoms with Crippen molar-refractivity contribution in [3.8, 4) is 0 Å². The standard InChI is InChI=1S/C14H15NS.3C2H6/c1-3-5-9-12(4-2)14(16)15-13-10-7-6-8-11-13;3*1-2/h3-11H,2H2,1H3,(H,15,16);3*1-2H3/b5-3-,12-9+;;;. The summed E-state index contributed by atoms with van der Waals surface area (Å²) in [5.41, 5.74) is 1.90. The van der Waals surface area contributed by atoms with Gasteiger partial charge in [0.1, 0.15) is 4.99 Å². The van der Waals surface area contributed by atoms with Gasteiger partial charge < -0.3 is 5.32 Å². The molecule has 0 aromatic heterocycles. The highest BCUT2D eigenvalue weighted by Crippen LogP contribution is 2.09. The van der Waals surface area contributed by atoms with Crippen molar-refractivity contribution < 1.29 is 0 Å². The first-order valence-corrected chi connectivity index (χ1v) is 8.50. The molecule has 1 N–H and O–H groups in total. The van der Waals surface area contributed by atoms with Gasteiger partial charge >= 0.3 is 0 Å². The molecule has 2 heteroatoms. The molecule has 124 valence electrons. The highest BCUT2D eigenvalue weighted by Gasteiger charge is 1.99. The van der Waals surface area contributed by atoms with E-state index in [9.17, 15) is 0 Å². The van der Waals surface area contributed by atoms with Crippen LogP contribution in [0.25, 0.3) is 0 Å². The number of para-hydroxylation sites is 1. The lowest BCUT2D eigenvalue weighted by Gasteiger charge is -2.07. The third kappa shape index (κ3) is 13.3. The van der Waals surface area contributed by atoms with Gasteiger partial charge in [-0.25, -0.2) is 0 Å². The predicted octanol–water partition coefficient (Wildman–Crippen LogP) is 7.19. The maximum absolute atomic E-state index is 5.29. The Kier molecular flexibility index (Phi) is 24.9. The molecular formula is C20H33NS. The van der Waals surface area contributed by atoms with Crippen molar-refractivity contribution in [3.63, 3.8) is 0 Å². The van der Waals surface area contributed by atoms with E-state index in [2.05, 4.69) is 11.9 Å². The summed E-state index contributed by atoms with van der Waals surface area (Å²) in [7, 11) is 0. The van der Waals surface area contributed by atoms with Crippen molar-refractivity contribution in [2.45, 2.75) is 48.5 Å². The summed E-state index contributed by atoms with van der Waals surface area (Å²) >= 11 is 5.29. The number of thiocarbonyl (C=S) groups is 1. The molecule has 0 fully saturated rings. The summed E-state index contributed by atoms with van der Waals surface area (Å²) in [6, 6.07) is 9.85. The fraction of sp³-hybridized carbons (Fsp3) is 0.350. The van der Waals surface area contributed by atoms with Gasteiger partial charge in [0, 0.05) is 11.3 Å². The van der Waals surface area contributed by atoms with E-state index in [0.29, 0.717) is 4.99 Å². The number of benzene rings is 1. The van der Waals surface area contributed by atoms with Crippen LogP contribution in [0.2, 0.25) is 0 Å². The molecule has 0 aliphatic carbocycles. The van der Waals surface area contributed by atoms with Crippen LogP contribution < -0.4 is 5.32 Å². The maximum atomic E-state index is 5.29. The van der Waals surface area contributed by atoms with Gasteiger partial charge in [-0.15, -0.1) is 0 Å². The number of rotatable bonds is 4. The van der Waals surface area contributed by atoms with Gasteiger partial charge in [-0.3, -0.25) is 0 Å². The summed E-state index contributed by atoms with van der Waals surface area (Å²) in [4.78, 5) is 0.680. The second kappa shape index (κ2) is 21.6. The number of hydrogen-bond donors (Lipinski definition) is 1. The first-order valence-electron chi connectivity index (χ1n) is 8.09. The topological polar surface area (TPSA) is 12.0 Å². The Bertz CT molecular complexity index is 417. The van der Waals surface area contributed by atoms with Crippen LogP contribution in [0.1, 0.15) is 48.5 Å². The second-order valence-corrected chi connectivity index (χ2v) is 3.58. The van der Waals surface area contributed by atoms with Crippen LogP contribution in [-0.4, -0.2) is 4.99 Å². The van der Waals surface area contributed by atoms with E-state index in [1.54, 1.807) is 6.08 Å². The molecule has 0 saturated carbocycles. The van der Waals surface area contributed by atoms with Crippen molar-refractivity contribution in [2.24, 2.45) is 0 Å². The van der Waals surface area contributed by atoms with Gasteiger partial charge in [0.15, 0.2) is 0 Å². The Balaban J connectivity index is -0.000000535. The average molecular weight is 320 g/mol. The summed E-state index contributed by atoms with van der Waals surface area (Å²) in [5.74, 6) is 0. The van der Waals surface area contributed by atoms with Crippen LogP contribution in [0.3, 0.4) is 0 Å². The molecule has 1 rings (SSSR count). The zero-order valence-corrected chi connectivity index (χ0v) is 16.1. The van der Waals surface area contributed by atoms with Crippen molar-refractivity contribution in [3.05, 3.63) is 66.8 Å². The van der Waals surface area contributed by atoms with Gasteiger partial charge in [0.05, 0.1) is 0 Å². The van der Waals surface area contributed by atoms with Gasteiger partial charge in [-0.05, 0) is 19.1 Å². The van der Waals surface area contributed by atoms with Crippen LogP contribution in [0.5, 0.6) is 0 Å². The van der Waals surface area contributed by atoms with E-state index in [1.807, 2.05) is 97.0 Å². The number of hydrogen-bond acceptors (Lipinski definition) is 1. The second-order valence-electron chi connectivity index (χ2n) is 3.17. The lowest BCUT2D eigenvalue weighted by atomic mass is 10.2. The Labute approximate surface area is 143 Å². The summed E-state index contributed by atoms with van der Waals surface area (Å²) in [6.07, 6.45) is 7.58. The minimum Gasteiger partial charge on any atom is -0.346 e. The summed E-state index contributed by atoms with van der Waals surface area (Å²) < 4.78 is 0. The lowest BCUT2D eigenvalue weighted by molar-refractivity contribution is 1.50. The zero-order chi connectivity index (χ0) is 17.8. The Hall–Kier alpha value is -1.67. The van der Waals surface area contributed by atoms with E-state index in [1.165, 1.54) is 0 Å². The first kappa shape index (κ1) is 25.3. The molecule has 22 heavy (non-hydrogen) atoms. The maximum Gasteiger partial charge on any atom is 0.110 e. The lowest BCUT2D eigenvalue weighted by Crippen LogP contribution is -2.10. The van der Waals surface area contributed by atoms with Crippen LogP contribution in [0.15, 0.2) is 66.8 Å². The molecule has 1 aromatic rings. The quantitative estimate of drug-likeness (QED) is 0.358. The van der Waals surface area contributed by atoms with E-state index in [4.69, 9.17) is 12.2 Å². The van der Waals surface area contributed by atoms with E-state index in [-0.39, 0.29) is 0 Å². The highest BCUT2D eigenvalue weighted by atomic mass is 32.1. The molecule has 0 unspecified atom stereocenters. The molecular weight excluding hydrogens is 286 g/mol. The van der Waals surface area contributed by atoms with Crippen molar-refractivity contribution in [2.75, 3.05) is 5.32 Å². The third-order valence-corrected chi connectivity index (χ3v) is 2.32. The van der Waals surface area contributed by atoms with E-state index >= 15 is 0 Å². The predicted molar refractivity (Wildman–Crippen MR) is 110 cm³/mol. The Morgan fingerprint density at radius 1 is 1.00 bits per heavy atom. The monoisotopic (exact) mass is 319 g/mol.